The molecule has 1 N–H and O–H groups in total. The van der Waals surface area contributed by atoms with Crippen LogP contribution in [0.5, 0.6) is 0 Å². The van der Waals surface area contributed by atoms with Crippen molar-refractivity contribution in [3.8, 4) is 0 Å². The van der Waals surface area contributed by atoms with Crippen LogP contribution in [-0.2, 0) is 19.6 Å². The third kappa shape index (κ3) is 5.30. The van der Waals surface area contributed by atoms with Gasteiger partial charge in [0, 0.05) is 29.7 Å². The van der Waals surface area contributed by atoms with Crippen molar-refractivity contribution in [2.24, 2.45) is 0 Å². The fourth-order valence-electron chi connectivity index (χ4n) is 2.28. The van der Waals surface area contributed by atoms with Gasteiger partial charge in [-0.1, -0.05) is 35.0 Å². The van der Waals surface area contributed by atoms with Crippen LogP contribution in [0.3, 0.4) is 0 Å². The SMILES string of the molecule is CCCNCc1ccc(CN(C)Cc2ccoc2)c(Br)c1. The lowest BCUT2D eigenvalue weighted by Gasteiger charge is -2.17. The smallest absolute Gasteiger partial charge is 0.0947 e. The van der Waals surface area contributed by atoms with Crippen LogP contribution in [0.15, 0.2) is 45.7 Å². The summed E-state index contributed by atoms with van der Waals surface area (Å²) in [6, 6.07) is 8.63. The highest BCUT2D eigenvalue weighted by molar-refractivity contribution is 9.10. The number of nitrogens with zero attached hydrogens (tertiary/aromatic N) is 1. The van der Waals surface area contributed by atoms with E-state index < -0.39 is 0 Å². The van der Waals surface area contributed by atoms with Gasteiger partial charge in [0.05, 0.1) is 12.5 Å². The predicted octanol–water partition coefficient (Wildman–Crippen LogP) is 4.17. The van der Waals surface area contributed by atoms with Crippen molar-refractivity contribution >= 4 is 15.9 Å². The Morgan fingerprint density at radius 1 is 1.19 bits per heavy atom. The Labute approximate surface area is 135 Å². The van der Waals surface area contributed by atoms with E-state index >= 15 is 0 Å². The van der Waals surface area contributed by atoms with E-state index in [9.17, 15) is 0 Å². The first-order valence-corrected chi connectivity index (χ1v) is 8.16. The molecule has 0 fully saturated rings. The van der Waals surface area contributed by atoms with Gasteiger partial charge in [0.1, 0.15) is 0 Å². The van der Waals surface area contributed by atoms with Crippen LogP contribution in [0.2, 0.25) is 0 Å². The standard InChI is InChI=1S/C17H23BrN2O/c1-3-7-19-10-14-4-5-16(17(18)9-14)12-20(2)11-15-6-8-21-13-15/h4-6,8-9,13,19H,3,7,10-12H2,1-2H3. The summed E-state index contributed by atoms with van der Waals surface area (Å²) in [5.74, 6) is 0. The summed E-state index contributed by atoms with van der Waals surface area (Å²) in [7, 11) is 2.12. The number of halogens is 1. The molecule has 1 heterocycles. The molecule has 0 atom stereocenters. The number of hydrogen-bond acceptors (Lipinski definition) is 3. The average Bonchev–Trinajstić information content (AvgIpc) is 2.95. The molecule has 1 aromatic carbocycles. The highest BCUT2D eigenvalue weighted by Gasteiger charge is 2.06. The fourth-order valence-corrected chi connectivity index (χ4v) is 2.83. The summed E-state index contributed by atoms with van der Waals surface area (Å²) in [5, 5.41) is 3.43. The van der Waals surface area contributed by atoms with Crippen molar-refractivity contribution in [1.29, 1.82) is 0 Å². The third-order valence-corrected chi connectivity index (χ3v) is 4.08. The zero-order valence-electron chi connectivity index (χ0n) is 12.7. The van der Waals surface area contributed by atoms with E-state index in [0.717, 1.165) is 32.6 Å². The second kappa shape index (κ2) is 8.37. The monoisotopic (exact) mass is 350 g/mol. The Morgan fingerprint density at radius 3 is 2.71 bits per heavy atom. The van der Waals surface area contributed by atoms with Gasteiger partial charge in [0.2, 0.25) is 0 Å². The molecule has 21 heavy (non-hydrogen) atoms. The minimum absolute atomic E-state index is 0.892. The Balaban J connectivity index is 1.90. The summed E-state index contributed by atoms with van der Waals surface area (Å²) in [4.78, 5) is 2.28. The quantitative estimate of drug-likeness (QED) is 0.724. The fraction of sp³-hybridized carbons (Fsp3) is 0.412. The van der Waals surface area contributed by atoms with E-state index in [0.29, 0.717) is 0 Å². The van der Waals surface area contributed by atoms with Crippen LogP contribution < -0.4 is 5.32 Å². The van der Waals surface area contributed by atoms with Crippen molar-refractivity contribution in [2.75, 3.05) is 13.6 Å². The number of rotatable bonds is 8. The zero-order chi connectivity index (χ0) is 15.1. The van der Waals surface area contributed by atoms with Gasteiger partial charge >= 0.3 is 0 Å². The molecule has 0 amide bonds. The number of benzene rings is 1. The van der Waals surface area contributed by atoms with Crippen LogP contribution in [0.1, 0.15) is 30.0 Å². The lowest BCUT2D eigenvalue weighted by atomic mass is 10.1. The number of furan rings is 1. The van der Waals surface area contributed by atoms with Crippen LogP contribution >= 0.6 is 15.9 Å². The molecule has 0 radical (unpaired) electrons. The van der Waals surface area contributed by atoms with Crippen molar-refractivity contribution in [3.63, 3.8) is 0 Å². The minimum atomic E-state index is 0.892. The highest BCUT2D eigenvalue weighted by Crippen LogP contribution is 2.20. The molecule has 0 bridgehead atoms. The van der Waals surface area contributed by atoms with Gasteiger partial charge in [0.25, 0.3) is 0 Å². The molecule has 2 rings (SSSR count). The van der Waals surface area contributed by atoms with Crippen LogP contribution in [-0.4, -0.2) is 18.5 Å². The van der Waals surface area contributed by atoms with Gasteiger partial charge in [-0.2, -0.15) is 0 Å². The Morgan fingerprint density at radius 2 is 2.05 bits per heavy atom. The van der Waals surface area contributed by atoms with Crippen LogP contribution in [0.4, 0.5) is 0 Å². The van der Waals surface area contributed by atoms with Crippen molar-refractivity contribution in [1.82, 2.24) is 10.2 Å². The summed E-state index contributed by atoms with van der Waals surface area (Å²) >= 11 is 3.69. The maximum Gasteiger partial charge on any atom is 0.0947 e. The summed E-state index contributed by atoms with van der Waals surface area (Å²) in [6.07, 6.45) is 4.68. The summed E-state index contributed by atoms with van der Waals surface area (Å²) < 4.78 is 6.29. The summed E-state index contributed by atoms with van der Waals surface area (Å²) in [5.41, 5.74) is 3.82. The maximum absolute atomic E-state index is 5.11. The van der Waals surface area contributed by atoms with Gasteiger partial charge in [0.15, 0.2) is 0 Å². The zero-order valence-corrected chi connectivity index (χ0v) is 14.3. The minimum Gasteiger partial charge on any atom is -0.472 e. The average molecular weight is 351 g/mol. The molecule has 4 heteroatoms. The van der Waals surface area contributed by atoms with E-state index in [4.69, 9.17) is 4.42 Å². The second-order valence-corrected chi connectivity index (χ2v) is 6.26. The first-order chi connectivity index (χ1) is 10.2. The molecule has 0 saturated heterocycles. The van der Waals surface area contributed by atoms with Crippen molar-refractivity contribution < 1.29 is 4.42 Å². The van der Waals surface area contributed by atoms with E-state index in [1.807, 2.05) is 6.07 Å². The Hall–Kier alpha value is -1.10. The first-order valence-electron chi connectivity index (χ1n) is 7.36. The van der Waals surface area contributed by atoms with E-state index in [2.05, 4.69) is 58.3 Å². The van der Waals surface area contributed by atoms with Crippen molar-refractivity contribution in [3.05, 3.63) is 58.0 Å². The van der Waals surface area contributed by atoms with Crippen LogP contribution in [0.25, 0.3) is 0 Å². The predicted molar refractivity (Wildman–Crippen MR) is 90.0 cm³/mol. The first kappa shape index (κ1) is 16.3. The van der Waals surface area contributed by atoms with Gasteiger partial charge < -0.3 is 9.73 Å². The second-order valence-electron chi connectivity index (χ2n) is 5.41. The molecule has 3 nitrogen and oxygen atoms in total. The molecule has 0 unspecified atom stereocenters. The van der Waals surface area contributed by atoms with Gasteiger partial charge in [-0.05, 0) is 43.3 Å². The molecule has 0 aliphatic heterocycles. The van der Waals surface area contributed by atoms with E-state index in [-0.39, 0.29) is 0 Å². The largest absolute Gasteiger partial charge is 0.472 e. The molecule has 2 aromatic rings. The Bertz CT molecular complexity index is 540. The molecule has 0 saturated carbocycles. The van der Waals surface area contributed by atoms with Crippen molar-refractivity contribution in [2.45, 2.75) is 33.0 Å². The molecule has 114 valence electrons. The third-order valence-electron chi connectivity index (χ3n) is 3.35. The molecule has 0 spiro atoms. The van der Waals surface area contributed by atoms with Gasteiger partial charge in [-0.25, -0.2) is 0 Å². The van der Waals surface area contributed by atoms with E-state index in [1.165, 1.54) is 21.2 Å². The van der Waals surface area contributed by atoms with Crippen LogP contribution in [0, 0.1) is 0 Å². The lowest BCUT2D eigenvalue weighted by molar-refractivity contribution is 0.317. The van der Waals surface area contributed by atoms with E-state index in [1.54, 1.807) is 12.5 Å². The topological polar surface area (TPSA) is 28.4 Å². The molecule has 1 aromatic heterocycles. The van der Waals surface area contributed by atoms with Gasteiger partial charge in [-0.15, -0.1) is 0 Å². The Kier molecular flexibility index (Phi) is 6.49. The number of nitrogens with one attached hydrogen (secondary N) is 1. The molecular weight excluding hydrogens is 328 g/mol. The lowest BCUT2D eigenvalue weighted by Crippen LogP contribution is -2.17. The normalized spacial score (nSPS) is 11.2. The maximum atomic E-state index is 5.11. The number of hydrogen-bond donors (Lipinski definition) is 1. The highest BCUT2D eigenvalue weighted by atomic mass is 79.9. The van der Waals surface area contributed by atoms with Gasteiger partial charge in [-0.3, -0.25) is 4.90 Å². The molecule has 0 aliphatic rings. The molecule has 0 aliphatic carbocycles. The molecular formula is C17H23BrN2O. The summed E-state index contributed by atoms with van der Waals surface area (Å²) in [6.45, 7) is 5.98.